The highest BCUT2D eigenvalue weighted by Crippen LogP contribution is 2.20. The van der Waals surface area contributed by atoms with Crippen molar-refractivity contribution in [3.05, 3.63) is 18.3 Å². The van der Waals surface area contributed by atoms with E-state index in [0.717, 1.165) is 4.31 Å². The van der Waals surface area contributed by atoms with E-state index in [9.17, 15) is 8.42 Å². The third-order valence-corrected chi connectivity index (χ3v) is 3.93. The maximum absolute atomic E-state index is 12.0. The van der Waals surface area contributed by atoms with Crippen molar-refractivity contribution in [3.8, 4) is 0 Å². The Morgan fingerprint density at radius 2 is 2.25 bits per heavy atom. The molecule has 6 nitrogen and oxygen atoms in total. The van der Waals surface area contributed by atoms with Crippen molar-refractivity contribution in [2.24, 2.45) is 0 Å². The van der Waals surface area contributed by atoms with Gasteiger partial charge in [0.15, 0.2) is 5.03 Å². The van der Waals surface area contributed by atoms with Crippen molar-refractivity contribution in [3.63, 3.8) is 0 Å². The van der Waals surface area contributed by atoms with Gasteiger partial charge in [0.05, 0.1) is 12.3 Å². The van der Waals surface area contributed by atoms with Gasteiger partial charge in [0, 0.05) is 26.8 Å². The molecule has 16 heavy (non-hydrogen) atoms. The van der Waals surface area contributed by atoms with E-state index < -0.39 is 10.0 Å². The van der Waals surface area contributed by atoms with Crippen LogP contribution in [0.4, 0.5) is 5.69 Å². The highest BCUT2D eigenvalue weighted by Gasteiger charge is 2.24. The summed E-state index contributed by atoms with van der Waals surface area (Å²) in [5, 5.41) is 11.5. The van der Waals surface area contributed by atoms with Crippen LogP contribution in [-0.2, 0) is 10.0 Å². The minimum absolute atomic E-state index is 0.0338. The molecule has 0 aliphatic rings. The second-order valence-corrected chi connectivity index (χ2v) is 5.12. The molecule has 90 valence electrons. The molecule has 1 heterocycles. The van der Waals surface area contributed by atoms with Crippen LogP contribution >= 0.6 is 0 Å². The van der Waals surface area contributed by atoms with Gasteiger partial charge in [-0.2, -0.15) is 4.31 Å². The topological polar surface area (TPSA) is 82.5 Å². The van der Waals surface area contributed by atoms with E-state index >= 15 is 0 Å². The zero-order valence-corrected chi connectivity index (χ0v) is 10.0. The summed E-state index contributed by atoms with van der Waals surface area (Å²) in [6, 6.07) is 3.28. The maximum Gasteiger partial charge on any atom is 0.262 e. The zero-order valence-electron chi connectivity index (χ0n) is 9.21. The normalized spacial score (nSPS) is 11.8. The van der Waals surface area contributed by atoms with Crippen molar-refractivity contribution in [2.45, 2.75) is 5.03 Å². The van der Waals surface area contributed by atoms with Crippen LogP contribution in [0.3, 0.4) is 0 Å². The number of sulfonamides is 1. The molecule has 2 N–H and O–H groups in total. The number of hydrogen-bond acceptors (Lipinski definition) is 5. The van der Waals surface area contributed by atoms with E-state index in [1.165, 1.54) is 13.2 Å². The number of aromatic nitrogens is 1. The van der Waals surface area contributed by atoms with Gasteiger partial charge in [0.2, 0.25) is 0 Å². The van der Waals surface area contributed by atoms with Crippen molar-refractivity contribution in [1.29, 1.82) is 0 Å². The van der Waals surface area contributed by atoms with Crippen LogP contribution in [0.5, 0.6) is 0 Å². The number of aliphatic hydroxyl groups excluding tert-OH is 1. The second-order valence-electron chi connectivity index (χ2n) is 3.16. The Morgan fingerprint density at radius 1 is 1.56 bits per heavy atom. The standard InChI is InChI=1S/C9H15N3O3S/c1-10-8-4-3-5-11-9(8)16(14,15)12(2)6-7-13/h3-5,10,13H,6-7H2,1-2H3. The predicted molar refractivity (Wildman–Crippen MR) is 60.7 cm³/mol. The van der Waals surface area contributed by atoms with Gasteiger partial charge in [-0.3, -0.25) is 0 Å². The van der Waals surface area contributed by atoms with Crippen molar-refractivity contribution in [1.82, 2.24) is 9.29 Å². The number of aliphatic hydroxyl groups is 1. The fraction of sp³-hybridized carbons (Fsp3) is 0.444. The van der Waals surface area contributed by atoms with E-state index in [1.54, 1.807) is 19.2 Å². The average molecular weight is 245 g/mol. The molecule has 1 aromatic rings. The van der Waals surface area contributed by atoms with E-state index in [1.807, 2.05) is 0 Å². The Labute approximate surface area is 95.0 Å². The summed E-state index contributed by atoms with van der Waals surface area (Å²) in [5.74, 6) is 0. The Kier molecular flexibility index (Phi) is 4.22. The SMILES string of the molecule is CNc1cccnc1S(=O)(=O)N(C)CCO. The Bertz CT molecular complexity index is 447. The summed E-state index contributed by atoms with van der Waals surface area (Å²) in [7, 11) is -0.615. The number of rotatable bonds is 5. The number of pyridine rings is 1. The van der Waals surface area contributed by atoms with Crippen LogP contribution in [0, 0.1) is 0 Å². The molecule has 0 bridgehead atoms. The number of hydrogen-bond donors (Lipinski definition) is 2. The van der Waals surface area contributed by atoms with Gasteiger partial charge in [0.1, 0.15) is 0 Å². The minimum Gasteiger partial charge on any atom is -0.395 e. The van der Waals surface area contributed by atoms with Crippen molar-refractivity contribution in [2.75, 3.05) is 32.6 Å². The molecule has 0 aromatic carbocycles. The van der Waals surface area contributed by atoms with E-state index in [2.05, 4.69) is 10.3 Å². The molecule has 0 fully saturated rings. The second kappa shape index (κ2) is 5.24. The smallest absolute Gasteiger partial charge is 0.262 e. The molecule has 0 radical (unpaired) electrons. The Morgan fingerprint density at radius 3 is 2.81 bits per heavy atom. The van der Waals surface area contributed by atoms with Crippen LogP contribution in [-0.4, -0.2) is 50.1 Å². The highest BCUT2D eigenvalue weighted by atomic mass is 32.2. The van der Waals surface area contributed by atoms with Gasteiger partial charge in [0.25, 0.3) is 10.0 Å². The molecule has 1 aromatic heterocycles. The summed E-state index contributed by atoms with van der Waals surface area (Å²) in [4.78, 5) is 3.85. The first kappa shape index (κ1) is 12.9. The van der Waals surface area contributed by atoms with Crippen LogP contribution in [0.15, 0.2) is 23.4 Å². The van der Waals surface area contributed by atoms with Crippen LogP contribution in [0.2, 0.25) is 0 Å². The highest BCUT2D eigenvalue weighted by molar-refractivity contribution is 7.89. The fourth-order valence-electron chi connectivity index (χ4n) is 1.20. The lowest BCUT2D eigenvalue weighted by atomic mass is 10.4. The monoisotopic (exact) mass is 245 g/mol. The fourth-order valence-corrected chi connectivity index (χ4v) is 2.45. The lowest BCUT2D eigenvalue weighted by molar-refractivity contribution is 0.266. The molecule has 7 heteroatoms. The van der Waals surface area contributed by atoms with Gasteiger partial charge < -0.3 is 10.4 Å². The number of nitrogens with one attached hydrogen (secondary N) is 1. The Balaban J connectivity index is 3.16. The number of anilines is 1. The summed E-state index contributed by atoms with van der Waals surface area (Å²) in [5.41, 5.74) is 0.437. The molecule has 0 amide bonds. The quantitative estimate of drug-likeness (QED) is 0.746. The lowest BCUT2D eigenvalue weighted by Gasteiger charge is -2.16. The summed E-state index contributed by atoms with van der Waals surface area (Å²) < 4.78 is 25.1. The first-order chi connectivity index (χ1) is 7.54. The number of nitrogens with zero attached hydrogens (tertiary/aromatic N) is 2. The lowest BCUT2D eigenvalue weighted by Crippen LogP contribution is -2.30. The molecule has 0 saturated heterocycles. The first-order valence-electron chi connectivity index (χ1n) is 4.74. The van der Waals surface area contributed by atoms with Crippen LogP contribution < -0.4 is 5.32 Å². The molecule has 0 saturated carbocycles. The van der Waals surface area contributed by atoms with E-state index in [-0.39, 0.29) is 18.2 Å². The summed E-state index contributed by atoms with van der Waals surface area (Å²) in [6.45, 7) is -0.181. The van der Waals surface area contributed by atoms with Crippen molar-refractivity contribution < 1.29 is 13.5 Å². The molecular weight excluding hydrogens is 230 g/mol. The molecule has 0 aliphatic carbocycles. The van der Waals surface area contributed by atoms with Crippen LogP contribution in [0.25, 0.3) is 0 Å². The van der Waals surface area contributed by atoms with Gasteiger partial charge in [-0.25, -0.2) is 13.4 Å². The predicted octanol–water partition coefficient (Wildman–Crippen LogP) is -0.264. The molecular formula is C9H15N3O3S. The summed E-state index contributed by atoms with van der Waals surface area (Å²) in [6.07, 6.45) is 1.42. The zero-order chi connectivity index (χ0) is 12.2. The van der Waals surface area contributed by atoms with Gasteiger partial charge in [-0.15, -0.1) is 0 Å². The molecule has 0 unspecified atom stereocenters. The first-order valence-corrected chi connectivity index (χ1v) is 6.18. The largest absolute Gasteiger partial charge is 0.395 e. The van der Waals surface area contributed by atoms with Gasteiger partial charge in [-0.05, 0) is 12.1 Å². The van der Waals surface area contributed by atoms with E-state index in [0.29, 0.717) is 5.69 Å². The minimum atomic E-state index is -3.64. The van der Waals surface area contributed by atoms with E-state index in [4.69, 9.17) is 5.11 Å². The molecule has 0 aliphatic heterocycles. The third-order valence-electron chi connectivity index (χ3n) is 2.11. The third kappa shape index (κ3) is 2.49. The maximum atomic E-state index is 12.0. The Hall–Kier alpha value is -1.18. The number of likely N-dealkylation sites (N-methyl/N-ethyl adjacent to an activating group) is 1. The molecule has 0 atom stereocenters. The molecule has 1 rings (SSSR count). The van der Waals surface area contributed by atoms with Gasteiger partial charge in [-0.1, -0.05) is 0 Å². The van der Waals surface area contributed by atoms with Crippen LogP contribution in [0.1, 0.15) is 0 Å². The molecule has 0 spiro atoms. The van der Waals surface area contributed by atoms with Crippen molar-refractivity contribution >= 4 is 15.7 Å². The van der Waals surface area contributed by atoms with Gasteiger partial charge >= 0.3 is 0 Å². The summed E-state index contributed by atoms with van der Waals surface area (Å²) >= 11 is 0. The average Bonchev–Trinajstić information content (AvgIpc) is 2.29.